The molecule has 5 nitrogen and oxygen atoms in total. The van der Waals surface area contributed by atoms with Crippen LogP contribution < -0.4 is 9.46 Å². The van der Waals surface area contributed by atoms with Gasteiger partial charge in [0.15, 0.2) is 0 Å². The average molecular weight is 453 g/mol. The van der Waals surface area contributed by atoms with Gasteiger partial charge in [0.25, 0.3) is 0 Å². The number of hydrogen-bond acceptors (Lipinski definition) is 4. The molecule has 0 bridgehead atoms. The van der Waals surface area contributed by atoms with Gasteiger partial charge >= 0.3 is 0 Å². The van der Waals surface area contributed by atoms with Crippen molar-refractivity contribution in [1.82, 2.24) is 4.72 Å². The highest BCUT2D eigenvalue weighted by molar-refractivity contribution is 7.89. The van der Waals surface area contributed by atoms with E-state index in [4.69, 9.17) is 4.74 Å². The van der Waals surface area contributed by atoms with E-state index >= 15 is 0 Å². The normalized spacial score (nSPS) is 13.2. The monoisotopic (exact) mass is 452 g/mol. The number of unbranched alkanes of at least 4 members (excludes halogenated alkanes) is 7. The van der Waals surface area contributed by atoms with Crippen LogP contribution in [0.4, 0.5) is 0 Å². The smallest absolute Gasteiger partial charge is 0.244 e. The summed E-state index contributed by atoms with van der Waals surface area (Å²) in [6.45, 7) is 10.6. The van der Waals surface area contributed by atoms with Gasteiger partial charge in [-0.2, -0.15) is 0 Å². The van der Waals surface area contributed by atoms with Crippen molar-refractivity contribution in [2.24, 2.45) is 0 Å². The van der Waals surface area contributed by atoms with E-state index in [2.05, 4.69) is 32.4 Å². The Bertz CT molecular complexity index is 759. The molecule has 1 atom stereocenters. The van der Waals surface area contributed by atoms with E-state index in [0.717, 1.165) is 44.1 Å². The Labute approximate surface area is 190 Å². The molecule has 1 N–H and O–H groups in total. The SMILES string of the molecule is CCCCCCCCOc1ccc(C(C)(C)CCCCC)cc1S(=O)(=O)NC(C)[C]=O. The lowest BCUT2D eigenvalue weighted by Crippen LogP contribution is -2.34. The lowest BCUT2D eigenvalue weighted by molar-refractivity contribution is 0.296. The van der Waals surface area contributed by atoms with Crippen LogP contribution in [0.1, 0.15) is 104 Å². The predicted octanol–water partition coefficient (Wildman–Crippen LogP) is 6.06. The van der Waals surface area contributed by atoms with Gasteiger partial charge in [-0.05, 0) is 42.9 Å². The summed E-state index contributed by atoms with van der Waals surface area (Å²) in [5, 5.41) is 0. The molecule has 31 heavy (non-hydrogen) atoms. The van der Waals surface area contributed by atoms with E-state index in [1.54, 1.807) is 18.4 Å². The molecule has 177 valence electrons. The number of sulfonamides is 1. The fourth-order valence-corrected chi connectivity index (χ4v) is 4.92. The molecule has 0 fully saturated rings. The first kappa shape index (κ1) is 27.6. The van der Waals surface area contributed by atoms with E-state index in [1.165, 1.54) is 32.6 Å². The Balaban J connectivity index is 3.04. The number of hydrogen-bond donors (Lipinski definition) is 1. The Kier molecular flexibility index (Phi) is 12.4. The van der Waals surface area contributed by atoms with Crippen molar-refractivity contribution in [3.05, 3.63) is 23.8 Å². The minimum absolute atomic E-state index is 0.0987. The third kappa shape index (κ3) is 9.73. The molecule has 0 aromatic heterocycles. The molecular formula is C25H42NO4S. The molecule has 0 aliphatic carbocycles. The second-order valence-electron chi connectivity index (χ2n) is 9.08. The highest BCUT2D eigenvalue weighted by Gasteiger charge is 2.27. The maximum absolute atomic E-state index is 13.0. The zero-order valence-corrected chi connectivity index (χ0v) is 20.9. The van der Waals surface area contributed by atoms with Gasteiger partial charge in [-0.3, -0.25) is 4.79 Å². The maximum atomic E-state index is 13.0. The number of benzene rings is 1. The zero-order valence-electron chi connectivity index (χ0n) is 20.1. The first-order valence-electron chi connectivity index (χ1n) is 11.8. The quantitative estimate of drug-likeness (QED) is 0.292. The predicted molar refractivity (Wildman–Crippen MR) is 128 cm³/mol. The largest absolute Gasteiger partial charge is 0.492 e. The van der Waals surface area contributed by atoms with E-state index < -0.39 is 16.1 Å². The van der Waals surface area contributed by atoms with Crippen LogP contribution in [0.15, 0.2) is 23.1 Å². The summed E-state index contributed by atoms with van der Waals surface area (Å²) in [5.41, 5.74) is 0.804. The van der Waals surface area contributed by atoms with Crippen LogP contribution in [0.5, 0.6) is 5.75 Å². The molecule has 1 unspecified atom stereocenters. The average Bonchev–Trinajstić information content (AvgIpc) is 2.72. The van der Waals surface area contributed by atoms with Crippen LogP contribution in [0.25, 0.3) is 0 Å². The molecule has 0 aliphatic rings. The zero-order chi connectivity index (χ0) is 23.3. The van der Waals surface area contributed by atoms with Gasteiger partial charge in [-0.15, -0.1) is 0 Å². The van der Waals surface area contributed by atoms with E-state index in [9.17, 15) is 13.2 Å². The van der Waals surface area contributed by atoms with Crippen LogP contribution in [0.2, 0.25) is 0 Å². The molecule has 0 spiro atoms. The molecule has 0 saturated heterocycles. The summed E-state index contributed by atoms with van der Waals surface area (Å²) >= 11 is 0. The van der Waals surface area contributed by atoms with Gasteiger partial charge in [0, 0.05) is 0 Å². The van der Waals surface area contributed by atoms with Crippen LogP contribution in [0.3, 0.4) is 0 Å². The molecule has 1 radical (unpaired) electrons. The minimum Gasteiger partial charge on any atom is -0.492 e. The lowest BCUT2D eigenvalue weighted by atomic mass is 9.80. The second-order valence-corrected chi connectivity index (χ2v) is 10.8. The van der Waals surface area contributed by atoms with Crippen LogP contribution in [-0.4, -0.2) is 27.4 Å². The Hall–Kier alpha value is -1.40. The molecule has 1 rings (SSSR count). The lowest BCUT2D eigenvalue weighted by Gasteiger charge is -2.26. The van der Waals surface area contributed by atoms with E-state index in [0.29, 0.717) is 12.4 Å². The van der Waals surface area contributed by atoms with E-state index in [-0.39, 0.29) is 10.3 Å². The molecular weight excluding hydrogens is 410 g/mol. The van der Waals surface area contributed by atoms with Gasteiger partial charge in [0.2, 0.25) is 16.3 Å². The third-order valence-electron chi connectivity index (χ3n) is 5.68. The fourth-order valence-electron chi connectivity index (χ4n) is 3.60. The van der Waals surface area contributed by atoms with Crippen molar-refractivity contribution < 1.29 is 17.9 Å². The molecule has 0 amide bonds. The molecule has 0 aliphatic heterocycles. The summed E-state index contributed by atoms with van der Waals surface area (Å²) in [7, 11) is -3.90. The highest BCUT2D eigenvalue weighted by atomic mass is 32.2. The van der Waals surface area contributed by atoms with Gasteiger partial charge in [-0.1, -0.05) is 85.1 Å². The topological polar surface area (TPSA) is 72.5 Å². The van der Waals surface area contributed by atoms with E-state index in [1.807, 2.05) is 6.07 Å². The summed E-state index contributed by atoms with van der Waals surface area (Å²) < 4.78 is 34.3. The second kappa shape index (κ2) is 13.9. The van der Waals surface area contributed by atoms with Crippen LogP contribution in [0, 0.1) is 0 Å². The van der Waals surface area contributed by atoms with Crippen molar-refractivity contribution in [2.75, 3.05) is 6.61 Å². The molecule has 0 saturated carbocycles. The van der Waals surface area contributed by atoms with Gasteiger partial charge in [0.05, 0.1) is 12.6 Å². The van der Waals surface area contributed by atoms with Gasteiger partial charge < -0.3 is 4.74 Å². The Morgan fingerprint density at radius 2 is 1.61 bits per heavy atom. The maximum Gasteiger partial charge on any atom is 0.244 e. The van der Waals surface area contributed by atoms with Crippen LogP contribution in [-0.2, 0) is 20.2 Å². The third-order valence-corrected chi connectivity index (χ3v) is 7.25. The molecule has 0 heterocycles. The number of ether oxygens (including phenoxy) is 1. The Morgan fingerprint density at radius 1 is 1.00 bits per heavy atom. The minimum atomic E-state index is -3.90. The molecule has 1 aromatic rings. The summed E-state index contributed by atoms with van der Waals surface area (Å²) in [5.74, 6) is 0.340. The van der Waals surface area contributed by atoms with Crippen molar-refractivity contribution in [3.63, 3.8) is 0 Å². The number of carbonyl (C=O) groups excluding carboxylic acids is 1. The first-order valence-corrected chi connectivity index (χ1v) is 13.3. The number of nitrogens with one attached hydrogen (secondary N) is 1. The van der Waals surface area contributed by atoms with Crippen molar-refractivity contribution >= 4 is 16.3 Å². The van der Waals surface area contributed by atoms with Crippen molar-refractivity contribution in [2.45, 2.75) is 115 Å². The summed E-state index contributed by atoms with van der Waals surface area (Å²) in [6.07, 6.45) is 12.9. The number of rotatable bonds is 17. The molecule has 1 aromatic carbocycles. The summed E-state index contributed by atoms with van der Waals surface area (Å²) in [6, 6.07) is 4.52. The van der Waals surface area contributed by atoms with Crippen molar-refractivity contribution in [3.8, 4) is 5.75 Å². The highest BCUT2D eigenvalue weighted by Crippen LogP contribution is 2.34. The first-order chi connectivity index (χ1) is 14.7. The molecule has 6 heteroatoms. The Morgan fingerprint density at radius 3 is 2.26 bits per heavy atom. The van der Waals surface area contributed by atoms with Gasteiger partial charge in [-0.25, -0.2) is 13.1 Å². The van der Waals surface area contributed by atoms with Gasteiger partial charge in [0.1, 0.15) is 10.6 Å². The van der Waals surface area contributed by atoms with Crippen LogP contribution >= 0.6 is 0 Å². The summed E-state index contributed by atoms with van der Waals surface area (Å²) in [4.78, 5) is 11.0. The standard InChI is InChI=1S/C25H42NO4S/c1-6-8-10-11-12-14-18-30-23-16-15-22(25(4,5)17-13-9-7-2)19-24(23)31(28,29)26-21(3)20-27/h15-16,19,21,26H,6-14,17-18H2,1-5H3. The van der Waals surface area contributed by atoms with Crippen molar-refractivity contribution in [1.29, 1.82) is 0 Å². The fraction of sp³-hybridized carbons (Fsp3) is 0.720.